The minimum atomic E-state index is 0.503. The van der Waals surface area contributed by atoms with Crippen LogP contribution >= 0.6 is 0 Å². The van der Waals surface area contributed by atoms with Gasteiger partial charge in [-0.25, -0.2) is 0 Å². The summed E-state index contributed by atoms with van der Waals surface area (Å²) >= 11 is 0. The van der Waals surface area contributed by atoms with E-state index in [2.05, 4.69) is 0 Å². The molecule has 2 aliphatic rings. The van der Waals surface area contributed by atoms with Crippen LogP contribution in [0.4, 0.5) is 0 Å². The Hall–Kier alpha value is -0.160. The van der Waals surface area contributed by atoms with E-state index in [0.717, 1.165) is 52.5 Å². The topological polar surface area (TPSA) is 43.5 Å². The monoisotopic (exact) mass is 258 g/mol. The quantitative estimate of drug-likeness (QED) is 0.375. The predicted octanol–water partition coefficient (Wildman–Crippen LogP) is 2.16. The van der Waals surface area contributed by atoms with E-state index in [1.807, 2.05) is 0 Å². The molecule has 4 heteroatoms. The van der Waals surface area contributed by atoms with Gasteiger partial charge in [0.15, 0.2) is 0 Å². The summed E-state index contributed by atoms with van der Waals surface area (Å²) in [5, 5.41) is 0. The summed E-state index contributed by atoms with van der Waals surface area (Å²) in [6.07, 6.45) is 7.97. The molecule has 4 nitrogen and oxygen atoms in total. The number of rotatable bonds is 13. The summed E-state index contributed by atoms with van der Waals surface area (Å²) in [7, 11) is 0. The average molecular weight is 258 g/mol. The highest BCUT2D eigenvalue weighted by Crippen LogP contribution is 2.13. The molecule has 0 aromatic heterocycles. The molecular formula is C14H26O4. The maximum Gasteiger partial charge on any atom is 0.0831 e. The van der Waals surface area contributed by atoms with Gasteiger partial charge in [-0.2, -0.15) is 0 Å². The summed E-state index contributed by atoms with van der Waals surface area (Å²) in [6.45, 7) is 5.39. The van der Waals surface area contributed by atoms with Gasteiger partial charge in [0, 0.05) is 26.4 Å². The van der Waals surface area contributed by atoms with Gasteiger partial charge in [0.05, 0.1) is 25.4 Å². The van der Waals surface area contributed by atoms with Crippen molar-refractivity contribution < 1.29 is 18.9 Å². The van der Waals surface area contributed by atoms with Crippen LogP contribution in [0.3, 0.4) is 0 Å². The molecule has 18 heavy (non-hydrogen) atoms. The summed E-state index contributed by atoms with van der Waals surface area (Å²) in [5.74, 6) is 0. The molecule has 0 bridgehead atoms. The molecule has 2 heterocycles. The second kappa shape index (κ2) is 8.86. The first kappa shape index (κ1) is 14.3. The molecule has 0 spiro atoms. The van der Waals surface area contributed by atoms with Gasteiger partial charge >= 0.3 is 0 Å². The first-order chi connectivity index (χ1) is 8.95. The number of ether oxygens (including phenoxy) is 4. The molecule has 2 fully saturated rings. The summed E-state index contributed by atoms with van der Waals surface area (Å²) in [5.41, 5.74) is 0. The number of hydrogen-bond acceptors (Lipinski definition) is 4. The fourth-order valence-corrected chi connectivity index (χ4v) is 1.86. The van der Waals surface area contributed by atoms with Gasteiger partial charge in [0.2, 0.25) is 0 Å². The van der Waals surface area contributed by atoms with E-state index in [1.165, 1.54) is 25.7 Å². The highest BCUT2D eigenvalue weighted by atomic mass is 16.6. The molecular weight excluding hydrogens is 232 g/mol. The normalized spacial score (nSPS) is 25.3. The Balaban J connectivity index is 1.19. The van der Waals surface area contributed by atoms with Crippen LogP contribution in [0.25, 0.3) is 0 Å². The summed E-state index contributed by atoms with van der Waals surface area (Å²) in [6, 6.07) is 0. The van der Waals surface area contributed by atoms with E-state index in [4.69, 9.17) is 18.9 Å². The maximum atomic E-state index is 5.54. The minimum absolute atomic E-state index is 0.503. The van der Waals surface area contributed by atoms with Crippen molar-refractivity contribution in [2.24, 2.45) is 0 Å². The Labute approximate surface area is 110 Å². The molecule has 2 unspecified atom stereocenters. The molecule has 0 aliphatic carbocycles. The molecule has 0 radical (unpaired) electrons. The van der Waals surface area contributed by atoms with Crippen LogP contribution in [0.15, 0.2) is 0 Å². The maximum absolute atomic E-state index is 5.54. The minimum Gasteiger partial charge on any atom is -0.381 e. The summed E-state index contributed by atoms with van der Waals surface area (Å²) in [4.78, 5) is 0. The van der Waals surface area contributed by atoms with Gasteiger partial charge in [-0.05, 0) is 25.7 Å². The predicted molar refractivity (Wildman–Crippen MR) is 68.8 cm³/mol. The van der Waals surface area contributed by atoms with E-state index in [0.29, 0.717) is 12.2 Å². The first-order valence-electron chi connectivity index (χ1n) is 7.34. The van der Waals surface area contributed by atoms with Crippen molar-refractivity contribution in [3.8, 4) is 0 Å². The number of hydrogen-bond donors (Lipinski definition) is 0. The van der Waals surface area contributed by atoms with Gasteiger partial charge in [0.1, 0.15) is 0 Å². The van der Waals surface area contributed by atoms with E-state index in [-0.39, 0.29) is 0 Å². The second-order valence-corrected chi connectivity index (χ2v) is 5.13. The Bertz CT molecular complexity index is 180. The molecule has 2 saturated heterocycles. The number of epoxide rings is 2. The first-order valence-corrected chi connectivity index (χ1v) is 7.34. The third-order valence-corrected chi connectivity index (χ3v) is 3.30. The lowest BCUT2D eigenvalue weighted by Crippen LogP contribution is -2.01. The van der Waals surface area contributed by atoms with E-state index < -0.39 is 0 Å². The molecule has 0 N–H and O–H groups in total. The lowest BCUT2D eigenvalue weighted by atomic mass is 10.2. The van der Waals surface area contributed by atoms with Crippen LogP contribution in [0, 0.1) is 0 Å². The second-order valence-electron chi connectivity index (χ2n) is 5.13. The van der Waals surface area contributed by atoms with Crippen LogP contribution in [-0.2, 0) is 18.9 Å². The lowest BCUT2D eigenvalue weighted by Gasteiger charge is -2.04. The Morgan fingerprint density at radius 1 is 0.667 bits per heavy atom. The van der Waals surface area contributed by atoms with Crippen molar-refractivity contribution in [2.75, 3.05) is 39.6 Å². The van der Waals surface area contributed by atoms with Crippen LogP contribution in [0.5, 0.6) is 0 Å². The van der Waals surface area contributed by atoms with Gasteiger partial charge in [-0.1, -0.05) is 12.8 Å². The molecule has 2 atom stereocenters. The van der Waals surface area contributed by atoms with Crippen LogP contribution in [0.2, 0.25) is 0 Å². The van der Waals surface area contributed by atoms with Crippen molar-refractivity contribution in [1.82, 2.24) is 0 Å². The molecule has 0 saturated carbocycles. The Morgan fingerprint density at radius 3 is 1.50 bits per heavy atom. The highest BCUT2D eigenvalue weighted by molar-refractivity contribution is 4.68. The van der Waals surface area contributed by atoms with Gasteiger partial charge in [0.25, 0.3) is 0 Å². The van der Waals surface area contributed by atoms with Crippen LogP contribution in [-0.4, -0.2) is 51.8 Å². The molecule has 0 aromatic carbocycles. The fraction of sp³-hybridized carbons (Fsp3) is 1.00. The third kappa shape index (κ3) is 8.03. The fourth-order valence-electron chi connectivity index (χ4n) is 1.86. The van der Waals surface area contributed by atoms with E-state index >= 15 is 0 Å². The van der Waals surface area contributed by atoms with Crippen molar-refractivity contribution in [3.63, 3.8) is 0 Å². The van der Waals surface area contributed by atoms with Crippen LogP contribution < -0.4 is 0 Å². The van der Waals surface area contributed by atoms with Gasteiger partial charge in [-0.3, -0.25) is 0 Å². The third-order valence-electron chi connectivity index (χ3n) is 3.30. The molecule has 106 valence electrons. The Kier molecular flexibility index (Phi) is 7.01. The van der Waals surface area contributed by atoms with Crippen molar-refractivity contribution in [3.05, 3.63) is 0 Å². The van der Waals surface area contributed by atoms with Crippen molar-refractivity contribution in [1.29, 1.82) is 0 Å². The van der Waals surface area contributed by atoms with E-state index in [9.17, 15) is 0 Å². The van der Waals surface area contributed by atoms with Gasteiger partial charge < -0.3 is 18.9 Å². The van der Waals surface area contributed by atoms with Crippen molar-refractivity contribution in [2.45, 2.75) is 50.7 Å². The zero-order valence-electron chi connectivity index (χ0n) is 11.3. The molecule has 0 amide bonds. The largest absolute Gasteiger partial charge is 0.381 e. The van der Waals surface area contributed by atoms with Crippen molar-refractivity contribution >= 4 is 0 Å². The van der Waals surface area contributed by atoms with Crippen LogP contribution in [0.1, 0.15) is 38.5 Å². The molecule has 2 rings (SSSR count). The zero-order valence-corrected chi connectivity index (χ0v) is 11.3. The average Bonchev–Trinajstić information content (AvgIpc) is 3.25. The SMILES string of the molecule is C(CCCOCCC1CO1)CCOCCC1CO1. The molecule has 0 aromatic rings. The highest BCUT2D eigenvalue weighted by Gasteiger charge is 2.21. The summed E-state index contributed by atoms with van der Waals surface area (Å²) < 4.78 is 21.3. The van der Waals surface area contributed by atoms with Gasteiger partial charge in [-0.15, -0.1) is 0 Å². The lowest BCUT2D eigenvalue weighted by molar-refractivity contribution is 0.113. The number of unbranched alkanes of at least 4 members (excludes halogenated alkanes) is 3. The molecule has 2 aliphatic heterocycles. The smallest absolute Gasteiger partial charge is 0.0831 e. The van der Waals surface area contributed by atoms with E-state index in [1.54, 1.807) is 0 Å². The zero-order chi connectivity index (χ0) is 12.5. The Morgan fingerprint density at radius 2 is 1.11 bits per heavy atom. The standard InChI is InChI=1S/C14H26O4/c1(3-7-15-9-5-13-11-17-13)2-4-8-16-10-6-14-12-18-14/h13-14H,1-12H2.